The fourth-order valence-corrected chi connectivity index (χ4v) is 2.03. The van der Waals surface area contributed by atoms with Crippen molar-refractivity contribution in [2.24, 2.45) is 0 Å². The van der Waals surface area contributed by atoms with Crippen LogP contribution in [0, 0.1) is 0 Å². The van der Waals surface area contributed by atoms with Crippen LogP contribution in [0.2, 0.25) is 0 Å². The highest BCUT2D eigenvalue weighted by Crippen LogP contribution is 2.03. The zero-order valence-electron chi connectivity index (χ0n) is 9.05. The molecule has 0 spiro atoms. The molecule has 1 atom stereocenters. The smallest absolute Gasteiger partial charge is 0.276 e. The minimum absolute atomic E-state index is 0.240. The molecular formula is C10H16N2O3S. The average Bonchev–Trinajstić information content (AvgIpc) is 2.29. The van der Waals surface area contributed by atoms with Crippen LogP contribution in [0.5, 0.6) is 0 Å². The molecule has 0 aliphatic rings. The SMILES string of the molecule is CNS(=O)(=O)NC(CO)Cc1ccccc1. The van der Waals surface area contributed by atoms with E-state index in [4.69, 9.17) is 5.11 Å². The van der Waals surface area contributed by atoms with E-state index in [1.54, 1.807) is 0 Å². The van der Waals surface area contributed by atoms with Gasteiger partial charge in [0, 0.05) is 7.05 Å². The third kappa shape index (κ3) is 4.28. The summed E-state index contributed by atoms with van der Waals surface area (Å²) in [6.07, 6.45) is 0.457. The van der Waals surface area contributed by atoms with Crippen LogP contribution in [0.25, 0.3) is 0 Å². The molecule has 0 aliphatic carbocycles. The van der Waals surface area contributed by atoms with E-state index in [1.807, 2.05) is 30.3 Å². The van der Waals surface area contributed by atoms with E-state index in [0.717, 1.165) is 5.56 Å². The van der Waals surface area contributed by atoms with Crippen LogP contribution in [-0.2, 0) is 16.6 Å². The summed E-state index contributed by atoms with van der Waals surface area (Å²) in [5.74, 6) is 0. The molecule has 1 aromatic rings. The fraction of sp³-hybridized carbons (Fsp3) is 0.400. The first-order valence-corrected chi connectivity index (χ1v) is 6.41. The molecule has 0 bridgehead atoms. The van der Waals surface area contributed by atoms with Gasteiger partial charge in [-0.1, -0.05) is 30.3 Å². The molecule has 0 saturated carbocycles. The summed E-state index contributed by atoms with van der Waals surface area (Å²) < 4.78 is 26.9. The average molecular weight is 244 g/mol. The Labute approximate surface area is 95.7 Å². The first kappa shape index (κ1) is 13.1. The second-order valence-electron chi connectivity index (χ2n) is 3.39. The number of aliphatic hydroxyl groups excluding tert-OH is 1. The van der Waals surface area contributed by atoms with Crippen LogP contribution in [0.15, 0.2) is 30.3 Å². The van der Waals surface area contributed by atoms with Gasteiger partial charge in [0.25, 0.3) is 10.2 Å². The normalized spacial score (nSPS) is 13.6. The lowest BCUT2D eigenvalue weighted by Crippen LogP contribution is -2.44. The Balaban J connectivity index is 2.63. The highest BCUT2D eigenvalue weighted by atomic mass is 32.2. The van der Waals surface area contributed by atoms with Gasteiger partial charge in [-0.3, -0.25) is 0 Å². The number of hydrogen-bond acceptors (Lipinski definition) is 3. The van der Waals surface area contributed by atoms with Gasteiger partial charge in [-0.05, 0) is 12.0 Å². The Hall–Kier alpha value is -0.950. The van der Waals surface area contributed by atoms with Crippen molar-refractivity contribution in [3.63, 3.8) is 0 Å². The quantitative estimate of drug-likeness (QED) is 0.639. The van der Waals surface area contributed by atoms with Gasteiger partial charge < -0.3 is 5.11 Å². The highest BCUT2D eigenvalue weighted by molar-refractivity contribution is 7.87. The Kier molecular flexibility index (Phi) is 4.88. The molecule has 0 aliphatic heterocycles. The third-order valence-corrected chi connectivity index (χ3v) is 3.32. The van der Waals surface area contributed by atoms with Gasteiger partial charge in [-0.15, -0.1) is 0 Å². The maximum atomic E-state index is 11.2. The second kappa shape index (κ2) is 5.95. The van der Waals surface area contributed by atoms with Gasteiger partial charge in [0.15, 0.2) is 0 Å². The Bertz CT molecular complexity index is 405. The molecule has 16 heavy (non-hydrogen) atoms. The molecule has 1 rings (SSSR count). The second-order valence-corrected chi connectivity index (χ2v) is 5.05. The van der Waals surface area contributed by atoms with Crippen LogP contribution in [-0.4, -0.2) is 33.2 Å². The minimum atomic E-state index is -3.51. The van der Waals surface area contributed by atoms with Crippen molar-refractivity contribution in [3.8, 4) is 0 Å². The van der Waals surface area contributed by atoms with Crippen molar-refractivity contribution < 1.29 is 13.5 Å². The third-order valence-electron chi connectivity index (χ3n) is 2.14. The molecule has 3 N–H and O–H groups in total. The van der Waals surface area contributed by atoms with E-state index in [2.05, 4.69) is 9.44 Å². The van der Waals surface area contributed by atoms with Crippen LogP contribution in [0.4, 0.5) is 0 Å². The van der Waals surface area contributed by atoms with Gasteiger partial charge >= 0.3 is 0 Å². The van der Waals surface area contributed by atoms with Crippen LogP contribution < -0.4 is 9.44 Å². The molecule has 0 heterocycles. The van der Waals surface area contributed by atoms with Gasteiger partial charge in [-0.25, -0.2) is 4.72 Å². The van der Waals surface area contributed by atoms with Crippen LogP contribution >= 0.6 is 0 Å². The lowest BCUT2D eigenvalue weighted by atomic mass is 10.1. The number of aliphatic hydroxyl groups is 1. The van der Waals surface area contributed by atoms with Crippen LogP contribution in [0.1, 0.15) is 5.56 Å². The van der Waals surface area contributed by atoms with Crippen LogP contribution in [0.3, 0.4) is 0 Å². The number of nitrogens with one attached hydrogen (secondary N) is 2. The lowest BCUT2D eigenvalue weighted by molar-refractivity contribution is 0.256. The number of rotatable bonds is 6. The molecule has 5 nitrogen and oxygen atoms in total. The topological polar surface area (TPSA) is 78.4 Å². The molecule has 0 aromatic heterocycles. The van der Waals surface area contributed by atoms with E-state index in [-0.39, 0.29) is 6.61 Å². The molecule has 0 saturated heterocycles. The summed E-state index contributed by atoms with van der Waals surface area (Å²) in [7, 11) is -2.19. The summed E-state index contributed by atoms with van der Waals surface area (Å²) in [5, 5.41) is 9.09. The minimum Gasteiger partial charge on any atom is -0.395 e. The molecule has 6 heteroatoms. The van der Waals surface area contributed by atoms with E-state index < -0.39 is 16.3 Å². The van der Waals surface area contributed by atoms with Crippen molar-refractivity contribution in [2.45, 2.75) is 12.5 Å². The molecule has 0 amide bonds. The summed E-state index contributed by atoms with van der Waals surface area (Å²) >= 11 is 0. The Morgan fingerprint density at radius 2 is 1.94 bits per heavy atom. The molecule has 0 radical (unpaired) electrons. The Morgan fingerprint density at radius 3 is 2.44 bits per heavy atom. The van der Waals surface area contributed by atoms with Gasteiger partial charge in [-0.2, -0.15) is 13.1 Å². The lowest BCUT2D eigenvalue weighted by Gasteiger charge is -2.15. The zero-order chi connectivity index (χ0) is 12.0. The molecular weight excluding hydrogens is 228 g/mol. The highest BCUT2D eigenvalue weighted by Gasteiger charge is 2.15. The van der Waals surface area contributed by atoms with Gasteiger partial charge in [0.1, 0.15) is 0 Å². The van der Waals surface area contributed by atoms with Gasteiger partial charge in [0.2, 0.25) is 0 Å². The largest absolute Gasteiger partial charge is 0.395 e. The Morgan fingerprint density at radius 1 is 1.31 bits per heavy atom. The number of hydrogen-bond donors (Lipinski definition) is 3. The zero-order valence-corrected chi connectivity index (χ0v) is 9.87. The van der Waals surface area contributed by atoms with E-state index in [1.165, 1.54) is 7.05 Å². The number of benzene rings is 1. The van der Waals surface area contributed by atoms with E-state index in [0.29, 0.717) is 6.42 Å². The maximum absolute atomic E-state index is 11.2. The monoisotopic (exact) mass is 244 g/mol. The molecule has 1 aromatic carbocycles. The van der Waals surface area contributed by atoms with E-state index in [9.17, 15) is 8.42 Å². The van der Waals surface area contributed by atoms with Crippen molar-refractivity contribution in [1.82, 2.24) is 9.44 Å². The van der Waals surface area contributed by atoms with Crippen molar-refractivity contribution >= 4 is 10.2 Å². The van der Waals surface area contributed by atoms with Gasteiger partial charge in [0.05, 0.1) is 12.6 Å². The van der Waals surface area contributed by atoms with Crippen molar-refractivity contribution in [3.05, 3.63) is 35.9 Å². The summed E-state index contributed by atoms with van der Waals surface area (Å²) in [6, 6.07) is 8.88. The first-order valence-electron chi connectivity index (χ1n) is 4.93. The summed E-state index contributed by atoms with van der Waals surface area (Å²) in [6.45, 7) is -0.240. The fourth-order valence-electron chi connectivity index (χ4n) is 1.32. The summed E-state index contributed by atoms with van der Waals surface area (Å²) in [5.41, 5.74) is 0.973. The molecule has 0 fully saturated rings. The predicted molar refractivity (Wildman–Crippen MR) is 62.1 cm³/mol. The van der Waals surface area contributed by atoms with Crippen molar-refractivity contribution in [1.29, 1.82) is 0 Å². The van der Waals surface area contributed by atoms with E-state index >= 15 is 0 Å². The molecule has 1 unspecified atom stereocenters. The summed E-state index contributed by atoms with van der Waals surface area (Å²) in [4.78, 5) is 0. The first-order chi connectivity index (χ1) is 7.57. The van der Waals surface area contributed by atoms with Crippen molar-refractivity contribution in [2.75, 3.05) is 13.7 Å². The molecule has 90 valence electrons. The maximum Gasteiger partial charge on any atom is 0.276 e. The standard InChI is InChI=1S/C10H16N2O3S/c1-11-16(14,15)12-10(8-13)7-9-5-3-2-4-6-9/h2-6,10-13H,7-8H2,1H3. The predicted octanol–water partition coefficient (Wildman–Crippen LogP) is -0.356.